The minimum atomic E-state index is -0.148. The van der Waals surface area contributed by atoms with E-state index in [4.69, 9.17) is 5.11 Å². The van der Waals surface area contributed by atoms with Gasteiger partial charge in [-0.2, -0.15) is 0 Å². The van der Waals surface area contributed by atoms with Crippen molar-refractivity contribution in [2.75, 3.05) is 11.9 Å². The Kier molecular flexibility index (Phi) is 4.43. The van der Waals surface area contributed by atoms with Crippen molar-refractivity contribution in [2.45, 2.75) is 45.4 Å². The van der Waals surface area contributed by atoms with Crippen LogP contribution in [0.4, 0.5) is 5.69 Å². The van der Waals surface area contributed by atoms with Gasteiger partial charge in [-0.05, 0) is 44.4 Å². The molecule has 0 radical (unpaired) electrons. The molecule has 19 heavy (non-hydrogen) atoms. The summed E-state index contributed by atoms with van der Waals surface area (Å²) in [4.78, 5) is 14.3. The number of nitrogens with zero attached hydrogens (tertiary/aromatic N) is 1. The zero-order chi connectivity index (χ0) is 13.8. The van der Waals surface area contributed by atoms with Gasteiger partial charge in [0.15, 0.2) is 0 Å². The van der Waals surface area contributed by atoms with Gasteiger partial charge in [0.2, 0.25) is 5.91 Å². The van der Waals surface area contributed by atoms with E-state index in [1.54, 1.807) is 0 Å². The van der Waals surface area contributed by atoms with Crippen molar-refractivity contribution < 1.29 is 9.90 Å². The van der Waals surface area contributed by atoms with E-state index < -0.39 is 0 Å². The van der Waals surface area contributed by atoms with E-state index in [1.807, 2.05) is 43.0 Å². The third kappa shape index (κ3) is 3.26. The SMILES string of the molecule is CC(C)N1CCC[C@@H](Nc2cccc(CO)c2)C1=O. The lowest BCUT2D eigenvalue weighted by molar-refractivity contribution is -0.136. The second-order valence-corrected chi connectivity index (χ2v) is 5.32. The van der Waals surface area contributed by atoms with Crippen LogP contribution in [0.25, 0.3) is 0 Å². The summed E-state index contributed by atoms with van der Waals surface area (Å²) < 4.78 is 0. The van der Waals surface area contributed by atoms with Crippen LogP contribution in [0.5, 0.6) is 0 Å². The lowest BCUT2D eigenvalue weighted by Gasteiger charge is -2.35. The van der Waals surface area contributed by atoms with E-state index in [2.05, 4.69) is 5.32 Å². The highest BCUT2D eigenvalue weighted by atomic mass is 16.3. The van der Waals surface area contributed by atoms with Crippen molar-refractivity contribution in [1.82, 2.24) is 4.90 Å². The van der Waals surface area contributed by atoms with Crippen molar-refractivity contribution in [3.63, 3.8) is 0 Å². The predicted octanol–water partition coefficient (Wildman–Crippen LogP) is 1.99. The van der Waals surface area contributed by atoms with E-state index in [1.165, 1.54) is 0 Å². The molecule has 0 bridgehead atoms. The molecule has 2 rings (SSSR count). The Bertz CT molecular complexity index is 446. The van der Waals surface area contributed by atoms with E-state index in [-0.39, 0.29) is 24.6 Å². The van der Waals surface area contributed by atoms with Gasteiger partial charge in [-0.25, -0.2) is 0 Å². The van der Waals surface area contributed by atoms with E-state index in [9.17, 15) is 4.79 Å². The van der Waals surface area contributed by atoms with Gasteiger partial charge in [0, 0.05) is 18.3 Å². The zero-order valence-corrected chi connectivity index (χ0v) is 11.6. The Hall–Kier alpha value is -1.55. The number of nitrogens with one attached hydrogen (secondary N) is 1. The maximum atomic E-state index is 12.3. The van der Waals surface area contributed by atoms with Gasteiger partial charge in [0.05, 0.1) is 6.61 Å². The molecule has 0 aromatic heterocycles. The zero-order valence-electron chi connectivity index (χ0n) is 11.6. The molecule has 1 aromatic rings. The Balaban J connectivity index is 2.07. The standard InChI is InChI=1S/C15H22N2O2/c1-11(2)17-8-4-7-14(15(17)19)16-13-6-3-5-12(9-13)10-18/h3,5-6,9,11,14,16,18H,4,7-8,10H2,1-2H3/t14-/m1/s1. The molecule has 1 aliphatic heterocycles. The maximum Gasteiger partial charge on any atom is 0.245 e. The van der Waals surface area contributed by atoms with Gasteiger partial charge in [0.25, 0.3) is 0 Å². The second-order valence-electron chi connectivity index (χ2n) is 5.32. The van der Waals surface area contributed by atoms with Crippen molar-refractivity contribution in [2.24, 2.45) is 0 Å². The van der Waals surface area contributed by atoms with Gasteiger partial charge in [-0.15, -0.1) is 0 Å². The first kappa shape index (κ1) is 13.9. The summed E-state index contributed by atoms with van der Waals surface area (Å²) in [5, 5.41) is 12.4. The van der Waals surface area contributed by atoms with E-state index in [0.29, 0.717) is 0 Å². The molecular formula is C15H22N2O2. The lowest BCUT2D eigenvalue weighted by atomic mass is 10.0. The molecule has 4 nitrogen and oxygen atoms in total. The van der Waals surface area contributed by atoms with E-state index >= 15 is 0 Å². The molecule has 2 N–H and O–H groups in total. The van der Waals surface area contributed by atoms with Gasteiger partial charge in [-0.1, -0.05) is 12.1 Å². The van der Waals surface area contributed by atoms with Crippen LogP contribution >= 0.6 is 0 Å². The lowest BCUT2D eigenvalue weighted by Crippen LogP contribution is -2.50. The molecular weight excluding hydrogens is 240 g/mol. The number of likely N-dealkylation sites (tertiary alicyclic amines) is 1. The summed E-state index contributed by atoms with van der Waals surface area (Å²) in [6.07, 6.45) is 1.90. The molecule has 1 heterocycles. The quantitative estimate of drug-likeness (QED) is 0.872. The van der Waals surface area contributed by atoms with Crippen LogP contribution in [0.2, 0.25) is 0 Å². The maximum absolute atomic E-state index is 12.3. The molecule has 104 valence electrons. The molecule has 0 spiro atoms. The average molecular weight is 262 g/mol. The van der Waals surface area contributed by atoms with Crippen LogP contribution in [-0.4, -0.2) is 34.5 Å². The Labute approximate surface area is 114 Å². The highest BCUT2D eigenvalue weighted by molar-refractivity contribution is 5.85. The third-order valence-electron chi connectivity index (χ3n) is 3.55. The molecule has 1 saturated heterocycles. The fourth-order valence-corrected chi connectivity index (χ4v) is 2.51. The number of anilines is 1. The number of carbonyl (C=O) groups excluding carboxylic acids is 1. The monoisotopic (exact) mass is 262 g/mol. The van der Waals surface area contributed by atoms with Crippen LogP contribution in [0, 0.1) is 0 Å². The molecule has 1 atom stereocenters. The fraction of sp³-hybridized carbons (Fsp3) is 0.533. The molecule has 0 unspecified atom stereocenters. The summed E-state index contributed by atoms with van der Waals surface area (Å²) >= 11 is 0. The number of amides is 1. The largest absolute Gasteiger partial charge is 0.392 e. The first-order chi connectivity index (χ1) is 9.11. The second kappa shape index (κ2) is 6.06. The molecule has 0 saturated carbocycles. The van der Waals surface area contributed by atoms with Gasteiger partial charge >= 0.3 is 0 Å². The Morgan fingerprint density at radius 1 is 1.47 bits per heavy atom. The van der Waals surface area contributed by atoms with Crippen molar-refractivity contribution in [1.29, 1.82) is 0 Å². The van der Waals surface area contributed by atoms with Gasteiger partial charge in [-0.3, -0.25) is 4.79 Å². The highest BCUT2D eigenvalue weighted by Crippen LogP contribution is 2.19. The van der Waals surface area contributed by atoms with Gasteiger partial charge < -0.3 is 15.3 Å². The number of carbonyl (C=O) groups is 1. The number of rotatable bonds is 4. The first-order valence-electron chi connectivity index (χ1n) is 6.88. The summed E-state index contributed by atoms with van der Waals surface area (Å²) in [5.41, 5.74) is 1.75. The number of hydrogen-bond acceptors (Lipinski definition) is 3. The first-order valence-corrected chi connectivity index (χ1v) is 6.88. The minimum absolute atomic E-state index is 0.0201. The molecule has 1 aliphatic rings. The summed E-state index contributed by atoms with van der Waals surface area (Å²) in [5.74, 6) is 0.177. The number of aliphatic hydroxyl groups excluding tert-OH is 1. The Morgan fingerprint density at radius 3 is 2.95 bits per heavy atom. The number of aliphatic hydroxyl groups is 1. The normalized spacial score (nSPS) is 19.9. The third-order valence-corrected chi connectivity index (χ3v) is 3.55. The molecule has 4 heteroatoms. The smallest absolute Gasteiger partial charge is 0.245 e. The average Bonchev–Trinajstić information content (AvgIpc) is 2.41. The van der Waals surface area contributed by atoms with Crippen molar-refractivity contribution >= 4 is 11.6 Å². The number of benzene rings is 1. The van der Waals surface area contributed by atoms with Gasteiger partial charge in [0.1, 0.15) is 6.04 Å². The molecule has 1 amide bonds. The van der Waals surface area contributed by atoms with Crippen molar-refractivity contribution in [3.05, 3.63) is 29.8 Å². The van der Waals surface area contributed by atoms with Crippen LogP contribution in [0.3, 0.4) is 0 Å². The predicted molar refractivity (Wildman–Crippen MR) is 75.9 cm³/mol. The molecule has 1 aromatic carbocycles. The summed E-state index contributed by atoms with van der Waals surface area (Å²) in [6, 6.07) is 7.68. The van der Waals surface area contributed by atoms with Crippen LogP contribution < -0.4 is 5.32 Å². The summed E-state index contributed by atoms with van der Waals surface area (Å²) in [7, 11) is 0. The van der Waals surface area contributed by atoms with Crippen molar-refractivity contribution in [3.8, 4) is 0 Å². The molecule has 1 fully saturated rings. The highest BCUT2D eigenvalue weighted by Gasteiger charge is 2.29. The van der Waals surface area contributed by atoms with Crippen LogP contribution in [0.1, 0.15) is 32.3 Å². The Morgan fingerprint density at radius 2 is 2.26 bits per heavy atom. The topological polar surface area (TPSA) is 52.6 Å². The minimum Gasteiger partial charge on any atom is -0.392 e. The van der Waals surface area contributed by atoms with E-state index in [0.717, 1.165) is 30.6 Å². The van der Waals surface area contributed by atoms with Crippen LogP contribution in [-0.2, 0) is 11.4 Å². The molecule has 0 aliphatic carbocycles. The fourth-order valence-electron chi connectivity index (χ4n) is 2.51. The van der Waals surface area contributed by atoms with Crippen LogP contribution in [0.15, 0.2) is 24.3 Å². The number of hydrogen-bond donors (Lipinski definition) is 2. The summed E-state index contributed by atoms with van der Waals surface area (Å²) in [6.45, 7) is 4.97. The number of piperidine rings is 1.